The Kier molecular flexibility index (Phi) is 3.97. The van der Waals surface area contributed by atoms with Crippen molar-refractivity contribution in [1.29, 1.82) is 0 Å². The first-order valence-corrected chi connectivity index (χ1v) is 9.23. The van der Waals surface area contributed by atoms with Crippen molar-refractivity contribution in [2.24, 2.45) is 5.92 Å². The fourth-order valence-corrected chi connectivity index (χ4v) is 4.31. The zero-order valence-corrected chi connectivity index (χ0v) is 15.6. The molecule has 0 spiro atoms. The van der Waals surface area contributed by atoms with Crippen molar-refractivity contribution in [3.8, 4) is 5.75 Å². The molecule has 25 heavy (non-hydrogen) atoms. The predicted molar refractivity (Wildman–Crippen MR) is 101 cm³/mol. The summed E-state index contributed by atoms with van der Waals surface area (Å²) < 4.78 is 6.13. The van der Waals surface area contributed by atoms with E-state index in [2.05, 4.69) is 44.3 Å². The van der Waals surface area contributed by atoms with Gasteiger partial charge >= 0.3 is 0 Å². The highest BCUT2D eigenvalue weighted by Gasteiger charge is 2.42. The Morgan fingerprint density at radius 3 is 2.64 bits per heavy atom. The summed E-state index contributed by atoms with van der Waals surface area (Å²) in [5.74, 6) is 0.531. The lowest BCUT2D eigenvalue weighted by atomic mass is 9.78. The molecular formula is C21H24ClNO2. The molecule has 1 saturated heterocycles. The predicted octanol–water partition coefficient (Wildman–Crippen LogP) is 5.59. The summed E-state index contributed by atoms with van der Waals surface area (Å²) in [5, 5.41) is 13.9. The third-order valence-electron chi connectivity index (χ3n) is 5.42. The van der Waals surface area contributed by atoms with Gasteiger partial charge in [-0.05, 0) is 41.2 Å². The number of phenolic OH excluding ortho intramolecular Hbond substituents is 1. The summed E-state index contributed by atoms with van der Waals surface area (Å²) in [4.78, 5) is 0. The zero-order chi connectivity index (χ0) is 17.8. The summed E-state index contributed by atoms with van der Waals surface area (Å²) in [6, 6.07) is 12.0. The van der Waals surface area contributed by atoms with E-state index < -0.39 is 0 Å². The van der Waals surface area contributed by atoms with Gasteiger partial charge in [0.05, 0.1) is 12.1 Å². The standard InChI is InChI=1S/C21H24ClNO2/c1-21(2,3)12-4-7-18-16(10-12)20-15(8-9-25-20)19(23-18)14-6-5-13(24)11-17(14)22/h4-7,10-11,15,19-20,23-24H,8-9H2,1-3H3. The molecule has 0 aliphatic carbocycles. The Labute approximate surface area is 154 Å². The van der Waals surface area contributed by atoms with Crippen molar-refractivity contribution in [2.75, 3.05) is 11.9 Å². The summed E-state index contributed by atoms with van der Waals surface area (Å²) in [6.45, 7) is 7.47. The summed E-state index contributed by atoms with van der Waals surface area (Å²) in [5.41, 5.74) is 4.82. The number of halogens is 1. The Balaban J connectivity index is 1.77. The molecule has 0 saturated carbocycles. The second-order valence-electron chi connectivity index (χ2n) is 8.12. The summed E-state index contributed by atoms with van der Waals surface area (Å²) in [6.07, 6.45) is 1.09. The van der Waals surface area contributed by atoms with E-state index in [4.69, 9.17) is 16.3 Å². The van der Waals surface area contributed by atoms with Crippen molar-refractivity contribution >= 4 is 17.3 Å². The molecule has 2 aromatic rings. The number of rotatable bonds is 1. The first kappa shape index (κ1) is 16.7. The average Bonchev–Trinajstić information content (AvgIpc) is 3.03. The maximum absolute atomic E-state index is 9.66. The molecule has 2 aliphatic heterocycles. The molecule has 0 aromatic heterocycles. The first-order valence-electron chi connectivity index (χ1n) is 8.85. The minimum atomic E-state index is 0.0911. The quantitative estimate of drug-likeness (QED) is 0.699. The molecule has 3 unspecified atom stereocenters. The number of anilines is 1. The van der Waals surface area contributed by atoms with Gasteiger partial charge < -0.3 is 15.2 Å². The fourth-order valence-electron chi connectivity index (χ4n) is 4.02. The lowest BCUT2D eigenvalue weighted by Gasteiger charge is -2.37. The smallest absolute Gasteiger partial charge is 0.117 e. The van der Waals surface area contributed by atoms with Crippen LogP contribution in [-0.4, -0.2) is 11.7 Å². The fraction of sp³-hybridized carbons (Fsp3) is 0.429. The van der Waals surface area contributed by atoms with Gasteiger partial charge in [-0.1, -0.05) is 50.6 Å². The van der Waals surface area contributed by atoms with Crippen LogP contribution in [-0.2, 0) is 10.2 Å². The maximum Gasteiger partial charge on any atom is 0.117 e. The number of aromatic hydroxyl groups is 1. The minimum absolute atomic E-state index is 0.0911. The van der Waals surface area contributed by atoms with Crippen LogP contribution in [0.4, 0.5) is 5.69 Å². The molecule has 4 heteroatoms. The van der Waals surface area contributed by atoms with E-state index in [1.165, 1.54) is 11.1 Å². The highest BCUT2D eigenvalue weighted by atomic mass is 35.5. The molecule has 4 rings (SSSR count). The Hall–Kier alpha value is -1.71. The van der Waals surface area contributed by atoms with E-state index in [-0.39, 0.29) is 23.3 Å². The van der Waals surface area contributed by atoms with Gasteiger partial charge in [0.2, 0.25) is 0 Å². The van der Waals surface area contributed by atoms with E-state index in [1.54, 1.807) is 12.1 Å². The number of benzene rings is 2. The number of fused-ring (bicyclic) bond motifs is 3. The highest BCUT2D eigenvalue weighted by Crippen LogP contribution is 2.51. The second-order valence-corrected chi connectivity index (χ2v) is 8.53. The molecule has 3 nitrogen and oxygen atoms in total. The molecular weight excluding hydrogens is 334 g/mol. The van der Waals surface area contributed by atoms with E-state index in [9.17, 15) is 5.11 Å². The van der Waals surface area contributed by atoms with Crippen LogP contribution in [0.3, 0.4) is 0 Å². The Bertz CT molecular complexity index is 812. The van der Waals surface area contributed by atoms with Gasteiger partial charge in [-0.3, -0.25) is 0 Å². The largest absolute Gasteiger partial charge is 0.508 e. The molecule has 2 aliphatic rings. The van der Waals surface area contributed by atoms with E-state index in [0.717, 1.165) is 24.3 Å². The number of nitrogens with one attached hydrogen (secondary N) is 1. The van der Waals surface area contributed by atoms with E-state index in [0.29, 0.717) is 10.9 Å². The molecule has 132 valence electrons. The van der Waals surface area contributed by atoms with Gasteiger partial charge in [0.25, 0.3) is 0 Å². The average molecular weight is 358 g/mol. The number of hydrogen-bond donors (Lipinski definition) is 2. The topological polar surface area (TPSA) is 41.5 Å². The van der Waals surface area contributed by atoms with Gasteiger partial charge in [0.15, 0.2) is 0 Å². The van der Waals surface area contributed by atoms with Gasteiger partial charge in [0, 0.05) is 28.8 Å². The molecule has 0 radical (unpaired) electrons. The number of phenols is 1. The monoisotopic (exact) mass is 357 g/mol. The molecule has 1 fully saturated rings. The van der Waals surface area contributed by atoms with Crippen LogP contribution < -0.4 is 5.32 Å². The molecule has 3 atom stereocenters. The van der Waals surface area contributed by atoms with Crippen molar-refractivity contribution in [3.63, 3.8) is 0 Å². The van der Waals surface area contributed by atoms with Crippen molar-refractivity contribution in [2.45, 2.75) is 44.8 Å². The third kappa shape index (κ3) is 2.90. The lowest BCUT2D eigenvalue weighted by Crippen LogP contribution is -2.30. The van der Waals surface area contributed by atoms with Crippen molar-refractivity contribution < 1.29 is 9.84 Å². The summed E-state index contributed by atoms with van der Waals surface area (Å²) >= 11 is 6.42. The van der Waals surface area contributed by atoms with Crippen molar-refractivity contribution in [1.82, 2.24) is 0 Å². The van der Waals surface area contributed by atoms with Gasteiger partial charge in [-0.15, -0.1) is 0 Å². The number of hydrogen-bond acceptors (Lipinski definition) is 3. The van der Waals surface area contributed by atoms with Gasteiger partial charge in [-0.2, -0.15) is 0 Å². The molecule has 0 amide bonds. The van der Waals surface area contributed by atoms with Crippen LogP contribution in [0.15, 0.2) is 36.4 Å². The van der Waals surface area contributed by atoms with Gasteiger partial charge in [0.1, 0.15) is 5.75 Å². The van der Waals surface area contributed by atoms with E-state index in [1.807, 2.05) is 6.07 Å². The minimum Gasteiger partial charge on any atom is -0.508 e. The highest BCUT2D eigenvalue weighted by molar-refractivity contribution is 6.31. The van der Waals surface area contributed by atoms with Crippen LogP contribution in [0.2, 0.25) is 5.02 Å². The molecule has 2 N–H and O–H groups in total. The Morgan fingerprint density at radius 2 is 1.92 bits per heavy atom. The normalized spacial score (nSPS) is 25.2. The maximum atomic E-state index is 9.66. The molecule has 2 heterocycles. The molecule has 0 bridgehead atoms. The van der Waals surface area contributed by atoms with Crippen molar-refractivity contribution in [3.05, 3.63) is 58.1 Å². The third-order valence-corrected chi connectivity index (χ3v) is 5.75. The van der Waals surface area contributed by atoms with Crippen LogP contribution >= 0.6 is 11.6 Å². The first-order chi connectivity index (χ1) is 11.8. The van der Waals surface area contributed by atoms with E-state index >= 15 is 0 Å². The van der Waals surface area contributed by atoms with Gasteiger partial charge in [-0.25, -0.2) is 0 Å². The van der Waals surface area contributed by atoms with Crippen LogP contribution in [0.5, 0.6) is 5.75 Å². The Morgan fingerprint density at radius 1 is 1.12 bits per heavy atom. The molecule has 2 aromatic carbocycles. The SMILES string of the molecule is CC(C)(C)c1ccc2c(c1)C1OCCC1C(c1ccc(O)cc1Cl)N2. The lowest BCUT2D eigenvalue weighted by molar-refractivity contribution is 0.0828. The number of ether oxygens (including phenoxy) is 1. The van der Waals surface area contributed by atoms with Crippen LogP contribution in [0.1, 0.15) is 56.0 Å². The summed E-state index contributed by atoms with van der Waals surface area (Å²) in [7, 11) is 0. The van der Waals surface area contributed by atoms with Crippen LogP contribution in [0, 0.1) is 5.92 Å². The zero-order valence-electron chi connectivity index (χ0n) is 14.8. The second kappa shape index (κ2) is 5.93. The van der Waals surface area contributed by atoms with Crippen LogP contribution in [0.25, 0.3) is 0 Å².